The molecule has 1 amide bonds. The highest BCUT2D eigenvalue weighted by Crippen LogP contribution is 2.00. The van der Waals surface area contributed by atoms with E-state index < -0.39 is 29.1 Å². The number of aromatic hydroxyl groups is 1. The molecule has 7 heteroatoms. The van der Waals surface area contributed by atoms with E-state index in [0.717, 1.165) is 12.3 Å². The van der Waals surface area contributed by atoms with Crippen LogP contribution in [0.4, 0.5) is 0 Å². The molecule has 0 saturated carbocycles. The first-order valence-electron chi connectivity index (χ1n) is 4.79. The quantitative estimate of drug-likeness (QED) is 0.634. The maximum atomic E-state index is 10.9. The van der Waals surface area contributed by atoms with Crippen molar-refractivity contribution in [1.29, 1.82) is 0 Å². The predicted molar refractivity (Wildman–Crippen MR) is 57.6 cm³/mol. The minimum atomic E-state index is -1.20. The van der Waals surface area contributed by atoms with Gasteiger partial charge in [0.1, 0.15) is 6.04 Å². The van der Waals surface area contributed by atoms with Gasteiger partial charge < -0.3 is 20.1 Å². The van der Waals surface area contributed by atoms with Crippen LogP contribution in [0.2, 0.25) is 0 Å². The smallest absolute Gasteiger partial charge is 0.328 e. The molecule has 7 nitrogen and oxygen atoms in total. The molecular formula is C10H12N2O5. The van der Waals surface area contributed by atoms with Gasteiger partial charge in [0.2, 0.25) is 11.3 Å². The van der Waals surface area contributed by atoms with Crippen molar-refractivity contribution in [3.05, 3.63) is 28.7 Å². The van der Waals surface area contributed by atoms with Crippen molar-refractivity contribution in [3.8, 4) is 5.75 Å². The van der Waals surface area contributed by atoms with Crippen molar-refractivity contribution in [2.24, 2.45) is 0 Å². The second-order valence-electron chi connectivity index (χ2n) is 3.48. The van der Waals surface area contributed by atoms with Gasteiger partial charge in [-0.05, 0) is 0 Å². The first-order chi connectivity index (χ1) is 7.90. The van der Waals surface area contributed by atoms with E-state index in [1.54, 1.807) is 0 Å². The molecule has 0 aliphatic heterocycles. The number of carboxylic acid groups (broad SMARTS) is 1. The molecule has 1 aromatic rings. The number of hydrogen-bond donors (Lipinski definition) is 3. The minimum absolute atomic E-state index is 0.0806. The third-order valence-electron chi connectivity index (χ3n) is 2.03. The highest BCUT2D eigenvalue weighted by Gasteiger charge is 2.18. The maximum Gasteiger partial charge on any atom is 0.328 e. The number of amides is 1. The maximum absolute atomic E-state index is 10.9. The topological polar surface area (TPSA) is 109 Å². The lowest BCUT2D eigenvalue weighted by atomic mass is 10.3. The first-order valence-corrected chi connectivity index (χ1v) is 4.79. The number of nitrogens with zero attached hydrogens (tertiary/aromatic N) is 1. The molecule has 0 radical (unpaired) electrons. The zero-order valence-corrected chi connectivity index (χ0v) is 9.08. The lowest BCUT2D eigenvalue weighted by Gasteiger charge is -2.15. The van der Waals surface area contributed by atoms with Gasteiger partial charge >= 0.3 is 5.97 Å². The molecule has 1 aromatic heterocycles. The number of nitrogens with one attached hydrogen (secondary N) is 1. The fourth-order valence-electron chi connectivity index (χ4n) is 1.27. The van der Waals surface area contributed by atoms with Crippen LogP contribution < -0.4 is 10.7 Å². The van der Waals surface area contributed by atoms with Gasteiger partial charge in [0, 0.05) is 25.4 Å². The number of carbonyl (C=O) groups is 2. The summed E-state index contributed by atoms with van der Waals surface area (Å²) in [6.07, 6.45) is 2.44. The Bertz CT molecular complexity index is 494. The average Bonchev–Trinajstić information content (AvgIpc) is 2.21. The number of aliphatic carboxylic acids is 1. The highest BCUT2D eigenvalue weighted by atomic mass is 16.4. The Morgan fingerprint density at radius 3 is 2.65 bits per heavy atom. The molecule has 0 aliphatic rings. The average molecular weight is 240 g/mol. The van der Waals surface area contributed by atoms with Gasteiger partial charge in [0.15, 0.2) is 5.75 Å². The third-order valence-corrected chi connectivity index (χ3v) is 2.03. The molecule has 0 spiro atoms. The molecule has 1 heterocycles. The lowest BCUT2D eigenvalue weighted by molar-refractivity contribution is -0.141. The molecule has 1 atom stereocenters. The zero-order valence-electron chi connectivity index (χ0n) is 9.08. The van der Waals surface area contributed by atoms with Gasteiger partial charge in [0.05, 0.1) is 6.54 Å². The molecule has 0 aliphatic carbocycles. The number of carbonyl (C=O) groups excluding carboxylic acids is 1. The van der Waals surface area contributed by atoms with Gasteiger partial charge in [-0.2, -0.15) is 0 Å². The normalized spacial score (nSPS) is 11.8. The van der Waals surface area contributed by atoms with Gasteiger partial charge in [-0.1, -0.05) is 0 Å². The van der Waals surface area contributed by atoms with E-state index in [1.807, 2.05) is 0 Å². The standard InChI is InChI=1S/C10H12N2O5/c1-6(13)11-7(10(16)17)4-12-3-2-8(14)9(15)5-12/h2-3,5,7,15H,4H2,1H3,(H,11,13)(H,16,17). The Labute approximate surface area is 96.3 Å². The van der Waals surface area contributed by atoms with E-state index in [1.165, 1.54) is 17.7 Å². The fraction of sp³-hybridized carbons (Fsp3) is 0.300. The highest BCUT2D eigenvalue weighted by molar-refractivity contribution is 5.81. The predicted octanol–water partition coefficient (Wildman–Crippen LogP) is -0.857. The summed E-state index contributed by atoms with van der Waals surface area (Å²) in [5, 5.41) is 20.3. The summed E-state index contributed by atoms with van der Waals surface area (Å²) in [5.41, 5.74) is -0.548. The Kier molecular flexibility index (Phi) is 3.86. The van der Waals surface area contributed by atoms with Crippen molar-refractivity contribution >= 4 is 11.9 Å². The van der Waals surface area contributed by atoms with Crippen molar-refractivity contribution in [3.63, 3.8) is 0 Å². The Morgan fingerprint density at radius 1 is 1.53 bits per heavy atom. The van der Waals surface area contributed by atoms with Crippen LogP contribution in [0.1, 0.15) is 6.92 Å². The summed E-state index contributed by atoms with van der Waals surface area (Å²) in [6.45, 7) is 1.13. The van der Waals surface area contributed by atoms with Crippen LogP contribution in [0, 0.1) is 0 Å². The Balaban J connectivity index is 2.86. The number of rotatable bonds is 4. The summed E-state index contributed by atoms with van der Waals surface area (Å²) >= 11 is 0. The summed E-state index contributed by atoms with van der Waals surface area (Å²) in [4.78, 5) is 32.5. The Hall–Kier alpha value is -2.31. The molecule has 0 bridgehead atoms. The summed E-state index contributed by atoms with van der Waals surface area (Å²) in [7, 11) is 0. The van der Waals surface area contributed by atoms with Crippen LogP contribution in [0.3, 0.4) is 0 Å². The van der Waals surface area contributed by atoms with E-state index in [9.17, 15) is 14.4 Å². The number of aromatic nitrogens is 1. The van der Waals surface area contributed by atoms with Crippen LogP contribution >= 0.6 is 0 Å². The Morgan fingerprint density at radius 2 is 2.18 bits per heavy atom. The van der Waals surface area contributed by atoms with Crippen LogP contribution in [0.25, 0.3) is 0 Å². The second kappa shape index (κ2) is 5.15. The second-order valence-corrected chi connectivity index (χ2v) is 3.48. The molecule has 0 aromatic carbocycles. The SMILES string of the molecule is CC(=O)NC(Cn1ccc(=O)c(O)c1)C(=O)O. The van der Waals surface area contributed by atoms with E-state index in [0.29, 0.717) is 0 Å². The fourth-order valence-corrected chi connectivity index (χ4v) is 1.27. The molecule has 0 saturated heterocycles. The van der Waals surface area contributed by atoms with Crippen LogP contribution in [-0.2, 0) is 16.1 Å². The van der Waals surface area contributed by atoms with Gasteiger partial charge in [-0.25, -0.2) is 4.79 Å². The van der Waals surface area contributed by atoms with E-state index in [2.05, 4.69) is 5.32 Å². The van der Waals surface area contributed by atoms with Crippen molar-refractivity contribution < 1.29 is 19.8 Å². The van der Waals surface area contributed by atoms with E-state index in [-0.39, 0.29) is 6.54 Å². The molecular weight excluding hydrogens is 228 g/mol. The summed E-state index contributed by atoms with van der Waals surface area (Å²) < 4.78 is 1.31. The van der Waals surface area contributed by atoms with Crippen LogP contribution in [0.5, 0.6) is 5.75 Å². The summed E-state index contributed by atoms with van der Waals surface area (Å²) in [5.74, 6) is -2.14. The first kappa shape index (κ1) is 12.8. The van der Waals surface area contributed by atoms with Crippen molar-refractivity contribution in [2.45, 2.75) is 19.5 Å². The van der Waals surface area contributed by atoms with E-state index >= 15 is 0 Å². The monoisotopic (exact) mass is 240 g/mol. The van der Waals surface area contributed by atoms with Gasteiger partial charge in [-0.15, -0.1) is 0 Å². The molecule has 1 unspecified atom stereocenters. The van der Waals surface area contributed by atoms with Gasteiger partial charge in [-0.3, -0.25) is 9.59 Å². The van der Waals surface area contributed by atoms with E-state index in [4.69, 9.17) is 10.2 Å². The van der Waals surface area contributed by atoms with Gasteiger partial charge in [0.25, 0.3) is 0 Å². The zero-order chi connectivity index (χ0) is 13.0. The lowest BCUT2D eigenvalue weighted by Crippen LogP contribution is -2.42. The molecule has 0 fully saturated rings. The summed E-state index contributed by atoms with van der Waals surface area (Å²) in [6, 6.07) is -0.00319. The molecule has 1 rings (SSSR count). The molecule has 3 N–H and O–H groups in total. The van der Waals surface area contributed by atoms with Crippen LogP contribution in [0.15, 0.2) is 23.3 Å². The number of pyridine rings is 1. The van der Waals surface area contributed by atoms with Crippen LogP contribution in [-0.4, -0.2) is 32.7 Å². The molecule has 92 valence electrons. The van der Waals surface area contributed by atoms with Crippen molar-refractivity contribution in [2.75, 3.05) is 0 Å². The molecule has 17 heavy (non-hydrogen) atoms. The third kappa shape index (κ3) is 3.63. The minimum Gasteiger partial charge on any atom is -0.503 e. The largest absolute Gasteiger partial charge is 0.503 e. The van der Waals surface area contributed by atoms with Crippen molar-refractivity contribution in [1.82, 2.24) is 9.88 Å². The number of hydrogen-bond acceptors (Lipinski definition) is 4. The number of carboxylic acids is 1.